The molecule has 0 unspecified atom stereocenters. The smallest absolute Gasteiger partial charge is 0.224 e. The fourth-order valence-electron chi connectivity index (χ4n) is 1.96. The van der Waals surface area contributed by atoms with Crippen molar-refractivity contribution in [3.63, 3.8) is 0 Å². The van der Waals surface area contributed by atoms with Crippen LogP contribution in [0.5, 0.6) is 0 Å². The van der Waals surface area contributed by atoms with E-state index in [4.69, 9.17) is 0 Å². The fourth-order valence-corrected chi connectivity index (χ4v) is 2.64. The van der Waals surface area contributed by atoms with Crippen LogP contribution in [0.1, 0.15) is 11.8 Å². The Morgan fingerprint density at radius 1 is 1.33 bits per heavy atom. The van der Waals surface area contributed by atoms with E-state index < -0.39 is 11.6 Å². The van der Waals surface area contributed by atoms with Crippen molar-refractivity contribution >= 4 is 34.0 Å². The monoisotopic (exact) mass is 306 g/mol. The molecule has 7 heteroatoms. The third kappa shape index (κ3) is 2.52. The Morgan fingerprint density at radius 2 is 2.10 bits per heavy atom. The van der Waals surface area contributed by atoms with Crippen LogP contribution in [0.25, 0.3) is 11.0 Å². The summed E-state index contributed by atoms with van der Waals surface area (Å²) in [6, 6.07) is 6.11. The van der Waals surface area contributed by atoms with Crippen LogP contribution in [0.4, 0.5) is 14.7 Å². The van der Waals surface area contributed by atoms with E-state index in [1.165, 1.54) is 0 Å². The van der Waals surface area contributed by atoms with Crippen molar-refractivity contribution in [2.24, 2.45) is 12.1 Å². The van der Waals surface area contributed by atoms with Gasteiger partial charge in [-0.1, -0.05) is 6.07 Å². The van der Waals surface area contributed by atoms with Gasteiger partial charge in [0.2, 0.25) is 5.95 Å². The van der Waals surface area contributed by atoms with Crippen LogP contribution in [0.2, 0.25) is 0 Å². The Hall–Kier alpha value is -2.28. The lowest BCUT2D eigenvalue weighted by Gasteiger charge is -2.02. The summed E-state index contributed by atoms with van der Waals surface area (Å²) in [7, 11) is 1.71. The van der Waals surface area contributed by atoms with Crippen LogP contribution in [-0.2, 0) is 7.05 Å². The lowest BCUT2D eigenvalue weighted by molar-refractivity contribution is 0.510. The van der Waals surface area contributed by atoms with Crippen molar-refractivity contribution in [1.29, 1.82) is 0 Å². The Morgan fingerprint density at radius 3 is 2.81 bits per heavy atom. The molecule has 0 atom stereocenters. The minimum absolute atomic E-state index is 0.378. The highest BCUT2D eigenvalue weighted by atomic mass is 32.1. The average Bonchev–Trinajstić information content (AvgIpc) is 3.08. The van der Waals surface area contributed by atoms with Crippen LogP contribution in [0, 0.1) is 11.6 Å². The summed E-state index contributed by atoms with van der Waals surface area (Å²) in [5, 5.41) is 6.21. The molecule has 4 nitrogen and oxygen atoms in total. The van der Waals surface area contributed by atoms with Crippen molar-refractivity contribution in [2.45, 2.75) is 6.92 Å². The second-order valence-corrected chi connectivity index (χ2v) is 5.48. The molecule has 0 amide bonds. The summed E-state index contributed by atoms with van der Waals surface area (Å²) >= 11 is 1.58. The van der Waals surface area contributed by atoms with Crippen molar-refractivity contribution < 1.29 is 8.78 Å². The van der Waals surface area contributed by atoms with E-state index in [1.54, 1.807) is 23.0 Å². The quantitative estimate of drug-likeness (QED) is 0.591. The van der Waals surface area contributed by atoms with Crippen LogP contribution < -0.4 is 5.43 Å². The zero-order valence-corrected chi connectivity index (χ0v) is 12.2. The van der Waals surface area contributed by atoms with Crippen molar-refractivity contribution in [3.8, 4) is 0 Å². The second-order valence-electron chi connectivity index (χ2n) is 4.54. The molecule has 0 fully saturated rings. The third-order valence-corrected chi connectivity index (χ3v) is 4.10. The minimum Gasteiger partial charge on any atom is -0.312 e. The maximum absolute atomic E-state index is 13.3. The largest absolute Gasteiger partial charge is 0.312 e. The third-order valence-electron chi connectivity index (χ3n) is 3.12. The summed E-state index contributed by atoms with van der Waals surface area (Å²) in [6.45, 7) is 1.88. The highest BCUT2D eigenvalue weighted by Crippen LogP contribution is 2.21. The van der Waals surface area contributed by atoms with E-state index in [1.807, 2.05) is 24.4 Å². The van der Waals surface area contributed by atoms with E-state index in [-0.39, 0.29) is 0 Å². The number of anilines is 1. The predicted molar refractivity (Wildman–Crippen MR) is 80.8 cm³/mol. The number of hydrazone groups is 1. The molecule has 0 radical (unpaired) electrons. The van der Waals surface area contributed by atoms with Gasteiger partial charge in [0.1, 0.15) is 0 Å². The topological polar surface area (TPSA) is 42.2 Å². The van der Waals surface area contributed by atoms with Gasteiger partial charge in [-0.15, -0.1) is 11.3 Å². The number of aryl methyl sites for hydroxylation is 1. The van der Waals surface area contributed by atoms with Gasteiger partial charge in [0.15, 0.2) is 11.6 Å². The molecule has 0 aliphatic carbocycles. The number of thiophene rings is 1. The van der Waals surface area contributed by atoms with Crippen LogP contribution in [-0.4, -0.2) is 15.3 Å². The zero-order chi connectivity index (χ0) is 15.0. The van der Waals surface area contributed by atoms with Gasteiger partial charge in [0.25, 0.3) is 0 Å². The molecule has 1 aromatic carbocycles. The van der Waals surface area contributed by atoms with Gasteiger partial charge in [0, 0.05) is 24.1 Å². The minimum atomic E-state index is -0.912. The average molecular weight is 306 g/mol. The number of nitrogens with one attached hydrogen (secondary N) is 1. The van der Waals surface area contributed by atoms with E-state index in [9.17, 15) is 8.78 Å². The van der Waals surface area contributed by atoms with E-state index in [0.29, 0.717) is 17.0 Å². The number of benzene rings is 1. The van der Waals surface area contributed by atoms with Gasteiger partial charge in [0.05, 0.1) is 16.7 Å². The van der Waals surface area contributed by atoms with Crippen molar-refractivity contribution in [1.82, 2.24) is 9.55 Å². The molecule has 108 valence electrons. The van der Waals surface area contributed by atoms with Gasteiger partial charge in [-0.05, 0) is 18.4 Å². The molecule has 0 aliphatic rings. The molecule has 0 aliphatic heterocycles. The highest BCUT2D eigenvalue weighted by molar-refractivity contribution is 7.12. The molecular weight excluding hydrogens is 294 g/mol. The highest BCUT2D eigenvalue weighted by Gasteiger charge is 2.11. The molecule has 0 bridgehead atoms. The first-order valence-corrected chi connectivity index (χ1v) is 7.10. The van der Waals surface area contributed by atoms with Gasteiger partial charge < -0.3 is 4.57 Å². The van der Waals surface area contributed by atoms with Gasteiger partial charge in [-0.25, -0.2) is 19.2 Å². The molecule has 3 aromatic rings. The summed E-state index contributed by atoms with van der Waals surface area (Å²) < 4.78 is 28.1. The van der Waals surface area contributed by atoms with E-state index >= 15 is 0 Å². The van der Waals surface area contributed by atoms with Crippen LogP contribution in [0.15, 0.2) is 34.7 Å². The standard InChI is InChI=1S/C14H12F2N4S/c1-8(13-4-3-5-21-13)18-19-14-17-11-6-9(15)10(16)7-12(11)20(14)2/h3-7H,1-2H3,(H,17,19)/b18-8+. The molecule has 3 rings (SSSR count). The summed E-state index contributed by atoms with van der Waals surface area (Å²) in [6.07, 6.45) is 0. The zero-order valence-electron chi connectivity index (χ0n) is 11.4. The van der Waals surface area contributed by atoms with Gasteiger partial charge >= 0.3 is 0 Å². The molecule has 0 saturated carbocycles. The summed E-state index contributed by atoms with van der Waals surface area (Å²) in [4.78, 5) is 5.25. The Bertz CT molecular complexity index is 821. The number of hydrogen-bond donors (Lipinski definition) is 1. The number of hydrogen-bond acceptors (Lipinski definition) is 4. The van der Waals surface area contributed by atoms with Crippen LogP contribution >= 0.6 is 11.3 Å². The fraction of sp³-hybridized carbons (Fsp3) is 0.143. The van der Waals surface area contributed by atoms with Crippen LogP contribution in [0.3, 0.4) is 0 Å². The van der Waals surface area contributed by atoms with E-state index in [2.05, 4.69) is 15.5 Å². The molecule has 21 heavy (non-hydrogen) atoms. The SMILES string of the molecule is C/C(=N\Nc1nc2cc(F)c(F)cc2n1C)c1cccs1. The van der Waals surface area contributed by atoms with Gasteiger partial charge in [-0.2, -0.15) is 5.10 Å². The molecule has 1 N–H and O–H groups in total. The normalized spacial score (nSPS) is 12.1. The first kappa shape index (κ1) is 13.7. The number of nitrogens with zero attached hydrogens (tertiary/aromatic N) is 3. The molecule has 0 spiro atoms. The number of aromatic nitrogens is 2. The first-order chi connectivity index (χ1) is 10.1. The number of imidazole rings is 1. The number of rotatable bonds is 3. The number of halogens is 2. The molecule has 2 aromatic heterocycles. The summed E-state index contributed by atoms with van der Waals surface area (Å²) in [5.74, 6) is -1.38. The van der Waals surface area contributed by atoms with Crippen molar-refractivity contribution in [2.75, 3.05) is 5.43 Å². The molecule has 2 heterocycles. The Labute approximate surface area is 123 Å². The predicted octanol–water partition coefficient (Wildman–Crippen LogP) is 3.75. The second kappa shape index (κ2) is 5.25. The lowest BCUT2D eigenvalue weighted by Crippen LogP contribution is -2.02. The maximum atomic E-state index is 13.3. The number of fused-ring (bicyclic) bond motifs is 1. The Kier molecular flexibility index (Phi) is 3.42. The lowest BCUT2D eigenvalue weighted by atomic mass is 10.3. The Balaban J connectivity index is 1.94. The van der Waals surface area contributed by atoms with Crippen molar-refractivity contribution in [3.05, 3.63) is 46.2 Å². The van der Waals surface area contributed by atoms with Gasteiger partial charge in [-0.3, -0.25) is 0 Å². The van der Waals surface area contributed by atoms with E-state index in [0.717, 1.165) is 22.7 Å². The molecule has 0 saturated heterocycles. The molecular formula is C14H12F2N4S. The summed E-state index contributed by atoms with van der Waals surface area (Å²) in [5.41, 5.74) is 4.52. The maximum Gasteiger partial charge on any atom is 0.224 e. The first-order valence-electron chi connectivity index (χ1n) is 6.22.